The van der Waals surface area contributed by atoms with Gasteiger partial charge in [-0.2, -0.15) is 0 Å². The summed E-state index contributed by atoms with van der Waals surface area (Å²) in [4.78, 5) is 11.3. The zero-order chi connectivity index (χ0) is 11.4. The van der Waals surface area contributed by atoms with Crippen molar-refractivity contribution in [3.8, 4) is 0 Å². The Morgan fingerprint density at radius 3 is 2.60 bits per heavy atom. The second kappa shape index (κ2) is 5.02. The molecule has 0 amide bonds. The Morgan fingerprint density at radius 2 is 2.13 bits per heavy atom. The molecule has 1 rings (SSSR count). The van der Waals surface area contributed by atoms with Crippen molar-refractivity contribution in [3.63, 3.8) is 0 Å². The van der Waals surface area contributed by atoms with E-state index >= 15 is 0 Å². The molecule has 0 fully saturated rings. The number of para-hydroxylation sites is 1. The minimum absolute atomic E-state index is 0.165. The van der Waals surface area contributed by atoms with Gasteiger partial charge in [0.1, 0.15) is 5.69 Å². The summed E-state index contributed by atoms with van der Waals surface area (Å²) in [5.41, 5.74) is 0.726. The van der Waals surface area contributed by atoms with Gasteiger partial charge in [0, 0.05) is 12.3 Å². The lowest BCUT2D eigenvalue weighted by molar-refractivity contribution is -0.386. The molecule has 5 heteroatoms. The van der Waals surface area contributed by atoms with Crippen molar-refractivity contribution in [2.75, 3.05) is 12.4 Å². The first kappa shape index (κ1) is 11.8. The van der Waals surface area contributed by atoms with Crippen LogP contribution in [0.4, 0.5) is 11.4 Å². The van der Waals surface area contributed by atoms with Gasteiger partial charge in [-0.05, 0) is 12.1 Å². The van der Waals surface area contributed by atoms with E-state index < -0.39 is 0 Å². The van der Waals surface area contributed by atoms with Gasteiger partial charge in [0.15, 0.2) is 0 Å². The van der Waals surface area contributed by atoms with Gasteiger partial charge in [-0.3, -0.25) is 10.1 Å². The SMILES string of the molecule is CNc1cccc(SC(C)C)c1[N+](=O)[O-]. The Kier molecular flexibility index (Phi) is 3.96. The molecule has 0 unspecified atom stereocenters. The predicted octanol–water partition coefficient (Wildman–Crippen LogP) is 3.14. The van der Waals surface area contributed by atoms with E-state index in [0.29, 0.717) is 15.8 Å². The van der Waals surface area contributed by atoms with Crippen LogP contribution in [-0.4, -0.2) is 17.2 Å². The first-order valence-electron chi connectivity index (χ1n) is 4.68. The van der Waals surface area contributed by atoms with Crippen LogP contribution in [0.3, 0.4) is 0 Å². The van der Waals surface area contributed by atoms with E-state index in [1.165, 1.54) is 11.8 Å². The van der Waals surface area contributed by atoms with Crippen LogP contribution in [-0.2, 0) is 0 Å². The van der Waals surface area contributed by atoms with Gasteiger partial charge < -0.3 is 5.32 Å². The van der Waals surface area contributed by atoms with E-state index in [-0.39, 0.29) is 10.6 Å². The van der Waals surface area contributed by atoms with E-state index in [1.54, 1.807) is 19.2 Å². The van der Waals surface area contributed by atoms with Gasteiger partial charge in [-0.25, -0.2) is 0 Å². The van der Waals surface area contributed by atoms with Crippen LogP contribution in [0, 0.1) is 10.1 Å². The molecule has 0 aliphatic carbocycles. The Balaban J connectivity index is 3.19. The van der Waals surface area contributed by atoms with E-state index in [0.717, 1.165) is 0 Å². The predicted molar refractivity (Wildman–Crippen MR) is 63.6 cm³/mol. The first-order chi connectivity index (χ1) is 7.06. The number of hydrogen-bond donors (Lipinski definition) is 1. The van der Waals surface area contributed by atoms with Gasteiger partial charge in [0.05, 0.1) is 9.82 Å². The Bertz CT molecular complexity index is 366. The largest absolute Gasteiger partial charge is 0.383 e. The summed E-state index contributed by atoms with van der Waals surface area (Å²) in [6, 6.07) is 5.32. The maximum absolute atomic E-state index is 10.9. The molecule has 0 aliphatic heterocycles. The van der Waals surface area contributed by atoms with E-state index in [9.17, 15) is 10.1 Å². The molecule has 0 bridgehead atoms. The van der Waals surface area contributed by atoms with E-state index in [4.69, 9.17) is 0 Å². The summed E-state index contributed by atoms with van der Waals surface area (Å²) < 4.78 is 0. The fourth-order valence-electron chi connectivity index (χ4n) is 1.26. The monoisotopic (exact) mass is 226 g/mol. The molecule has 4 nitrogen and oxygen atoms in total. The molecular formula is C10H14N2O2S. The number of hydrogen-bond acceptors (Lipinski definition) is 4. The van der Waals surface area contributed by atoms with Crippen LogP contribution in [0.25, 0.3) is 0 Å². The molecule has 0 radical (unpaired) electrons. The van der Waals surface area contributed by atoms with Gasteiger partial charge in [0.2, 0.25) is 0 Å². The van der Waals surface area contributed by atoms with Crippen LogP contribution in [0.1, 0.15) is 13.8 Å². The fraction of sp³-hybridized carbons (Fsp3) is 0.400. The maximum atomic E-state index is 10.9. The maximum Gasteiger partial charge on any atom is 0.305 e. The number of rotatable bonds is 4. The molecule has 15 heavy (non-hydrogen) atoms. The van der Waals surface area contributed by atoms with Crippen molar-refractivity contribution in [2.45, 2.75) is 24.0 Å². The number of anilines is 1. The van der Waals surface area contributed by atoms with Crippen LogP contribution in [0.5, 0.6) is 0 Å². The Morgan fingerprint density at radius 1 is 1.47 bits per heavy atom. The minimum atomic E-state index is -0.337. The highest BCUT2D eigenvalue weighted by atomic mass is 32.2. The third-order valence-electron chi connectivity index (χ3n) is 1.81. The topological polar surface area (TPSA) is 55.2 Å². The summed E-state index contributed by atoms with van der Waals surface area (Å²) in [5.74, 6) is 0. The zero-order valence-electron chi connectivity index (χ0n) is 8.98. The normalized spacial score (nSPS) is 10.4. The third kappa shape index (κ3) is 2.86. The second-order valence-corrected chi connectivity index (χ2v) is 4.94. The molecule has 82 valence electrons. The van der Waals surface area contributed by atoms with Crippen molar-refractivity contribution in [1.82, 2.24) is 0 Å². The Labute approximate surface area is 93.2 Å². The molecule has 0 atom stereocenters. The molecule has 0 aliphatic rings. The zero-order valence-corrected chi connectivity index (χ0v) is 9.80. The van der Waals surface area contributed by atoms with E-state index in [1.807, 2.05) is 19.9 Å². The van der Waals surface area contributed by atoms with Gasteiger partial charge in [-0.15, -0.1) is 11.8 Å². The highest BCUT2D eigenvalue weighted by Gasteiger charge is 2.19. The number of nitro groups is 1. The van der Waals surface area contributed by atoms with Crippen molar-refractivity contribution in [3.05, 3.63) is 28.3 Å². The van der Waals surface area contributed by atoms with Crippen molar-refractivity contribution < 1.29 is 4.92 Å². The van der Waals surface area contributed by atoms with Gasteiger partial charge in [-0.1, -0.05) is 19.9 Å². The summed E-state index contributed by atoms with van der Waals surface area (Å²) >= 11 is 1.50. The van der Waals surface area contributed by atoms with Crippen molar-refractivity contribution >= 4 is 23.1 Å². The smallest absolute Gasteiger partial charge is 0.305 e. The molecule has 1 N–H and O–H groups in total. The molecule has 0 saturated heterocycles. The number of thioether (sulfide) groups is 1. The van der Waals surface area contributed by atoms with Crippen molar-refractivity contribution in [2.24, 2.45) is 0 Å². The summed E-state index contributed by atoms with van der Waals surface area (Å²) in [6.45, 7) is 4.03. The molecule has 0 spiro atoms. The highest BCUT2D eigenvalue weighted by Crippen LogP contribution is 2.36. The van der Waals surface area contributed by atoms with Crippen LogP contribution < -0.4 is 5.32 Å². The molecule has 1 aromatic carbocycles. The fourth-order valence-corrected chi connectivity index (χ4v) is 2.22. The highest BCUT2D eigenvalue weighted by molar-refractivity contribution is 8.00. The first-order valence-corrected chi connectivity index (χ1v) is 5.56. The molecule has 0 heterocycles. The van der Waals surface area contributed by atoms with Crippen molar-refractivity contribution in [1.29, 1.82) is 0 Å². The second-order valence-electron chi connectivity index (χ2n) is 3.33. The molecular weight excluding hydrogens is 212 g/mol. The van der Waals surface area contributed by atoms with Gasteiger partial charge in [0.25, 0.3) is 0 Å². The van der Waals surface area contributed by atoms with Crippen LogP contribution in [0.15, 0.2) is 23.1 Å². The number of nitrogens with one attached hydrogen (secondary N) is 1. The number of benzene rings is 1. The average Bonchev–Trinajstić information content (AvgIpc) is 2.15. The third-order valence-corrected chi connectivity index (χ3v) is 2.87. The average molecular weight is 226 g/mol. The quantitative estimate of drug-likeness (QED) is 0.487. The van der Waals surface area contributed by atoms with Crippen LogP contribution >= 0.6 is 11.8 Å². The van der Waals surface area contributed by atoms with E-state index in [2.05, 4.69) is 5.32 Å². The minimum Gasteiger partial charge on any atom is -0.383 e. The molecule has 0 saturated carbocycles. The Hall–Kier alpha value is -1.23. The summed E-state index contributed by atoms with van der Waals surface area (Å²) in [5, 5.41) is 14.1. The lowest BCUT2D eigenvalue weighted by Crippen LogP contribution is -1.99. The standard InChI is InChI=1S/C10H14N2O2S/c1-7(2)15-9-6-4-5-8(11-3)10(9)12(13)14/h4-7,11H,1-3H3. The molecule has 1 aromatic rings. The lowest BCUT2D eigenvalue weighted by Gasteiger charge is -2.08. The number of nitro benzene ring substituents is 1. The number of nitrogens with zero attached hydrogens (tertiary/aromatic N) is 1. The summed E-state index contributed by atoms with van der Waals surface area (Å²) in [6.07, 6.45) is 0. The molecule has 0 aromatic heterocycles. The lowest BCUT2D eigenvalue weighted by atomic mass is 10.3. The van der Waals surface area contributed by atoms with Gasteiger partial charge >= 0.3 is 5.69 Å². The summed E-state index contributed by atoms with van der Waals surface area (Å²) in [7, 11) is 1.69. The van der Waals surface area contributed by atoms with Crippen LogP contribution in [0.2, 0.25) is 0 Å².